The lowest BCUT2D eigenvalue weighted by atomic mass is 9.71. The number of amides is 2. The minimum atomic E-state index is -3.27. The fourth-order valence-electron chi connectivity index (χ4n) is 2.84. The summed E-state index contributed by atoms with van der Waals surface area (Å²) >= 11 is 0. The van der Waals surface area contributed by atoms with E-state index in [-0.39, 0.29) is 11.5 Å². The van der Waals surface area contributed by atoms with Gasteiger partial charge in [0, 0.05) is 24.0 Å². The van der Waals surface area contributed by atoms with Crippen molar-refractivity contribution in [3.05, 3.63) is 53.4 Å². The Bertz CT molecular complexity index is 888. The molecule has 148 valence electrons. The van der Waals surface area contributed by atoms with E-state index in [1.54, 1.807) is 10.9 Å². The van der Waals surface area contributed by atoms with Crippen LogP contribution >= 0.6 is 0 Å². The number of nitrogens with one attached hydrogen (secondary N) is 3. The zero-order valence-corrected chi connectivity index (χ0v) is 14.3. The number of rotatable bonds is 5. The molecule has 3 rings (SSSR count). The van der Waals surface area contributed by atoms with E-state index < -0.39 is 35.4 Å². The molecule has 28 heavy (non-hydrogen) atoms. The van der Waals surface area contributed by atoms with Crippen molar-refractivity contribution in [1.82, 2.24) is 20.8 Å². The van der Waals surface area contributed by atoms with E-state index in [1.165, 1.54) is 12.1 Å². The first-order chi connectivity index (χ1) is 13.3. The second kappa shape index (κ2) is 7.79. The lowest BCUT2D eigenvalue weighted by Crippen LogP contribution is -2.44. The van der Waals surface area contributed by atoms with Crippen LogP contribution in [0, 0.1) is 11.6 Å². The van der Waals surface area contributed by atoms with Gasteiger partial charge in [0.05, 0.1) is 11.1 Å². The average Bonchev–Trinajstić information content (AvgIpc) is 2.63. The largest absolute Gasteiger partial charge is 0.345 e. The molecule has 2 aromatic rings. The van der Waals surface area contributed by atoms with Crippen LogP contribution in [0.5, 0.6) is 0 Å². The molecule has 1 aromatic heterocycles. The number of nitrogens with zero attached hydrogens (tertiary/aromatic N) is 2. The SMILES string of the molecule is O=C(NNC(=O)C(F)F)c1cnc(NC2(c3ccc(F)cc3F)CCC2)nc1. The highest BCUT2D eigenvalue weighted by Crippen LogP contribution is 2.44. The van der Waals surface area contributed by atoms with Crippen LogP contribution in [-0.4, -0.2) is 28.2 Å². The monoisotopic (exact) mass is 397 g/mol. The Morgan fingerprint density at radius 1 is 1.07 bits per heavy atom. The van der Waals surface area contributed by atoms with Gasteiger partial charge in [0.25, 0.3) is 5.91 Å². The van der Waals surface area contributed by atoms with Crippen molar-refractivity contribution in [2.45, 2.75) is 31.2 Å². The maximum absolute atomic E-state index is 14.2. The summed E-state index contributed by atoms with van der Waals surface area (Å²) in [5, 5.41) is 3.01. The van der Waals surface area contributed by atoms with Gasteiger partial charge in [-0.15, -0.1) is 0 Å². The second-order valence-corrected chi connectivity index (χ2v) is 6.22. The standard InChI is InChI=1S/C17H15F4N5O2/c18-10-2-3-11(12(19)6-10)17(4-1-5-17)24-16-22-7-9(8-23-16)14(27)25-26-15(28)13(20)21/h2-3,6-8,13H,1,4-5H2,(H,25,27)(H,26,28)(H,22,23,24). The molecule has 0 aliphatic heterocycles. The number of carbonyl (C=O) groups excluding carboxylic acids is 2. The van der Waals surface area contributed by atoms with Crippen LogP contribution in [0.15, 0.2) is 30.6 Å². The number of benzene rings is 1. The Labute approximate surface area is 156 Å². The molecule has 0 spiro atoms. The Morgan fingerprint density at radius 2 is 1.75 bits per heavy atom. The van der Waals surface area contributed by atoms with Crippen molar-refractivity contribution in [3.8, 4) is 0 Å². The molecule has 2 amide bonds. The molecule has 1 heterocycles. The predicted octanol–water partition coefficient (Wildman–Crippen LogP) is 2.27. The summed E-state index contributed by atoms with van der Waals surface area (Å²) in [6, 6.07) is 3.34. The Hall–Kier alpha value is -3.24. The van der Waals surface area contributed by atoms with Gasteiger partial charge in [0.15, 0.2) is 0 Å². The van der Waals surface area contributed by atoms with Crippen molar-refractivity contribution in [2.75, 3.05) is 5.32 Å². The second-order valence-electron chi connectivity index (χ2n) is 6.22. The maximum Gasteiger partial charge on any atom is 0.317 e. The number of hydrogen-bond acceptors (Lipinski definition) is 5. The number of halogens is 4. The summed E-state index contributed by atoms with van der Waals surface area (Å²) < 4.78 is 51.5. The van der Waals surface area contributed by atoms with Gasteiger partial charge in [0.2, 0.25) is 5.95 Å². The fraction of sp³-hybridized carbons (Fsp3) is 0.294. The number of hydrazine groups is 1. The van der Waals surface area contributed by atoms with Gasteiger partial charge in [-0.2, -0.15) is 8.78 Å². The first-order valence-electron chi connectivity index (χ1n) is 8.25. The zero-order valence-electron chi connectivity index (χ0n) is 14.3. The average molecular weight is 397 g/mol. The van der Waals surface area contributed by atoms with Gasteiger partial charge in [-0.05, 0) is 25.3 Å². The van der Waals surface area contributed by atoms with Gasteiger partial charge >= 0.3 is 12.3 Å². The Morgan fingerprint density at radius 3 is 2.29 bits per heavy atom. The smallest absolute Gasteiger partial charge is 0.317 e. The highest BCUT2D eigenvalue weighted by Gasteiger charge is 2.41. The van der Waals surface area contributed by atoms with E-state index in [1.807, 2.05) is 0 Å². The van der Waals surface area contributed by atoms with Gasteiger partial charge in [-0.1, -0.05) is 6.07 Å². The summed E-state index contributed by atoms with van der Waals surface area (Å²) in [5.74, 6) is -3.79. The molecule has 1 aromatic carbocycles. The lowest BCUT2D eigenvalue weighted by molar-refractivity contribution is -0.132. The molecule has 1 fully saturated rings. The van der Waals surface area contributed by atoms with E-state index in [0.29, 0.717) is 18.4 Å². The topological polar surface area (TPSA) is 96.0 Å². The minimum Gasteiger partial charge on any atom is -0.345 e. The molecule has 0 unspecified atom stereocenters. The number of hydrogen-bond donors (Lipinski definition) is 3. The highest BCUT2D eigenvalue weighted by atomic mass is 19.3. The third kappa shape index (κ3) is 4.02. The number of carbonyl (C=O) groups is 2. The summed E-state index contributed by atoms with van der Waals surface area (Å²) in [4.78, 5) is 30.4. The van der Waals surface area contributed by atoms with Crippen LogP contribution in [0.2, 0.25) is 0 Å². The first-order valence-corrected chi connectivity index (χ1v) is 8.25. The van der Waals surface area contributed by atoms with Crippen molar-refractivity contribution >= 4 is 17.8 Å². The summed E-state index contributed by atoms with van der Waals surface area (Å²) in [7, 11) is 0. The van der Waals surface area contributed by atoms with Gasteiger partial charge < -0.3 is 5.32 Å². The Kier molecular flexibility index (Phi) is 5.43. The molecule has 7 nitrogen and oxygen atoms in total. The van der Waals surface area contributed by atoms with Crippen molar-refractivity contribution in [2.24, 2.45) is 0 Å². The van der Waals surface area contributed by atoms with Crippen LogP contribution in [0.4, 0.5) is 23.5 Å². The number of anilines is 1. The first kappa shape index (κ1) is 19.5. The van der Waals surface area contributed by atoms with Crippen LogP contribution < -0.4 is 16.2 Å². The molecular formula is C17H15F4N5O2. The lowest BCUT2D eigenvalue weighted by Gasteiger charge is -2.43. The van der Waals surface area contributed by atoms with Crippen LogP contribution in [0.25, 0.3) is 0 Å². The minimum absolute atomic E-state index is 0.0873. The van der Waals surface area contributed by atoms with E-state index in [2.05, 4.69) is 15.3 Å². The van der Waals surface area contributed by atoms with Crippen LogP contribution in [0.3, 0.4) is 0 Å². The quantitative estimate of drug-likeness (QED) is 0.531. The number of aromatic nitrogens is 2. The van der Waals surface area contributed by atoms with Crippen molar-refractivity contribution in [1.29, 1.82) is 0 Å². The van der Waals surface area contributed by atoms with E-state index in [0.717, 1.165) is 24.9 Å². The summed E-state index contributed by atoms with van der Waals surface area (Å²) in [5.41, 5.74) is 2.78. The molecule has 0 atom stereocenters. The molecule has 3 N–H and O–H groups in total. The molecular weight excluding hydrogens is 382 g/mol. The van der Waals surface area contributed by atoms with Gasteiger partial charge in [-0.25, -0.2) is 18.7 Å². The summed E-state index contributed by atoms with van der Waals surface area (Å²) in [6.45, 7) is 0. The third-order valence-corrected chi connectivity index (χ3v) is 4.42. The molecule has 1 aliphatic rings. The molecule has 1 aliphatic carbocycles. The van der Waals surface area contributed by atoms with Gasteiger partial charge in [-0.3, -0.25) is 20.4 Å². The molecule has 0 saturated heterocycles. The normalized spacial score (nSPS) is 14.9. The van der Waals surface area contributed by atoms with E-state index >= 15 is 0 Å². The number of alkyl halides is 2. The van der Waals surface area contributed by atoms with Crippen molar-refractivity contribution < 1.29 is 27.2 Å². The molecule has 1 saturated carbocycles. The van der Waals surface area contributed by atoms with E-state index in [9.17, 15) is 27.2 Å². The van der Waals surface area contributed by atoms with Crippen LogP contribution in [0.1, 0.15) is 35.2 Å². The fourth-order valence-corrected chi connectivity index (χ4v) is 2.84. The third-order valence-electron chi connectivity index (χ3n) is 4.42. The molecule has 0 radical (unpaired) electrons. The van der Waals surface area contributed by atoms with E-state index in [4.69, 9.17) is 0 Å². The maximum atomic E-state index is 14.2. The molecule has 0 bridgehead atoms. The van der Waals surface area contributed by atoms with Gasteiger partial charge in [0.1, 0.15) is 11.6 Å². The Balaban J connectivity index is 1.69. The zero-order chi connectivity index (χ0) is 20.3. The predicted molar refractivity (Wildman–Crippen MR) is 89.2 cm³/mol. The van der Waals surface area contributed by atoms with Crippen molar-refractivity contribution in [3.63, 3.8) is 0 Å². The summed E-state index contributed by atoms with van der Waals surface area (Å²) in [6.07, 6.45) is 0.961. The molecule has 11 heteroatoms. The van der Waals surface area contributed by atoms with Crippen LogP contribution in [-0.2, 0) is 10.3 Å². The highest BCUT2D eigenvalue weighted by molar-refractivity contribution is 5.95.